The molecule has 0 spiro atoms. The second-order valence-electron chi connectivity index (χ2n) is 8.37. The monoisotopic (exact) mass is 376 g/mol. The first-order chi connectivity index (χ1) is 13.7. The Hall–Kier alpha value is -2.33. The molecule has 4 heteroatoms. The molecule has 0 aromatic heterocycles. The van der Waals surface area contributed by atoms with Crippen molar-refractivity contribution in [2.45, 2.75) is 57.2 Å². The van der Waals surface area contributed by atoms with E-state index in [1.165, 1.54) is 16.7 Å². The second-order valence-corrected chi connectivity index (χ2v) is 8.37. The molecule has 0 bridgehead atoms. The third-order valence-corrected chi connectivity index (χ3v) is 6.25. The standard InChI is InChI=1S/C24H32N4/c1-18-7-5-6-10-23(18)20-15-22(16-20)27-24(25)26-21-11-13-28(14-12-21)17-19-8-3-2-4-9-19/h2-10,20-22H,11-17H2,1H3,(H3,25,26,27). The van der Waals surface area contributed by atoms with Gasteiger partial charge in [0, 0.05) is 25.7 Å². The number of guanidine groups is 1. The zero-order valence-corrected chi connectivity index (χ0v) is 16.8. The summed E-state index contributed by atoms with van der Waals surface area (Å²) in [6.45, 7) is 5.42. The number of benzene rings is 2. The van der Waals surface area contributed by atoms with E-state index in [1.54, 1.807) is 0 Å². The molecule has 3 N–H and O–H groups in total. The fourth-order valence-electron chi connectivity index (χ4n) is 4.53. The van der Waals surface area contributed by atoms with Gasteiger partial charge in [-0.3, -0.25) is 9.89 Å². The molecule has 4 nitrogen and oxygen atoms in total. The van der Waals surface area contributed by atoms with E-state index >= 15 is 0 Å². The average molecular weight is 377 g/mol. The highest BCUT2D eigenvalue weighted by molar-refractivity contribution is 5.78. The molecule has 2 aromatic rings. The van der Waals surface area contributed by atoms with Crippen LogP contribution in [-0.2, 0) is 6.54 Å². The number of likely N-dealkylation sites (tertiary alicyclic amines) is 1. The number of hydrogen-bond donors (Lipinski definition) is 2. The molecule has 0 unspecified atom stereocenters. The minimum absolute atomic E-state index is 0.353. The number of aryl methyl sites for hydroxylation is 1. The lowest BCUT2D eigenvalue weighted by Crippen LogP contribution is -2.47. The highest BCUT2D eigenvalue weighted by Crippen LogP contribution is 2.38. The van der Waals surface area contributed by atoms with Crippen molar-refractivity contribution < 1.29 is 0 Å². The van der Waals surface area contributed by atoms with Crippen molar-refractivity contribution >= 4 is 5.96 Å². The van der Waals surface area contributed by atoms with Crippen molar-refractivity contribution in [2.75, 3.05) is 13.1 Å². The van der Waals surface area contributed by atoms with Crippen LogP contribution in [0.25, 0.3) is 0 Å². The lowest BCUT2D eigenvalue weighted by Gasteiger charge is -2.37. The summed E-state index contributed by atoms with van der Waals surface area (Å²) in [4.78, 5) is 7.29. The van der Waals surface area contributed by atoms with Crippen LogP contribution in [0.4, 0.5) is 0 Å². The van der Waals surface area contributed by atoms with Gasteiger partial charge in [-0.2, -0.15) is 0 Å². The first-order valence-electron chi connectivity index (χ1n) is 10.6. The van der Waals surface area contributed by atoms with Crippen LogP contribution in [0.15, 0.2) is 59.6 Å². The van der Waals surface area contributed by atoms with Gasteiger partial charge in [0.15, 0.2) is 5.96 Å². The highest BCUT2D eigenvalue weighted by Gasteiger charge is 2.31. The van der Waals surface area contributed by atoms with Crippen molar-refractivity contribution in [1.82, 2.24) is 10.2 Å². The normalized spacial score (nSPS) is 24.0. The first kappa shape index (κ1) is 19.0. The Morgan fingerprint density at radius 3 is 2.43 bits per heavy atom. The maximum absolute atomic E-state index is 6.21. The van der Waals surface area contributed by atoms with E-state index < -0.39 is 0 Å². The van der Waals surface area contributed by atoms with E-state index in [4.69, 9.17) is 10.7 Å². The maximum atomic E-state index is 6.21. The maximum Gasteiger partial charge on any atom is 0.189 e. The van der Waals surface area contributed by atoms with E-state index in [2.05, 4.69) is 71.7 Å². The van der Waals surface area contributed by atoms with E-state index in [9.17, 15) is 0 Å². The molecule has 1 saturated carbocycles. The molecular weight excluding hydrogens is 344 g/mol. The number of rotatable bonds is 5. The Labute approximate surface area is 168 Å². The molecule has 2 fully saturated rings. The van der Waals surface area contributed by atoms with Gasteiger partial charge in [0.2, 0.25) is 0 Å². The quantitative estimate of drug-likeness (QED) is 0.616. The number of nitrogens with two attached hydrogens (primary N) is 1. The van der Waals surface area contributed by atoms with Crippen LogP contribution in [0.3, 0.4) is 0 Å². The Morgan fingerprint density at radius 2 is 1.71 bits per heavy atom. The van der Waals surface area contributed by atoms with Crippen LogP contribution in [0, 0.1) is 6.92 Å². The summed E-state index contributed by atoms with van der Waals surface area (Å²) in [5, 5.41) is 3.45. The van der Waals surface area contributed by atoms with E-state index in [-0.39, 0.29) is 0 Å². The summed E-state index contributed by atoms with van der Waals surface area (Å²) < 4.78 is 0. The Kier molecular flexibility index (Phi) is 5.96. The van der Waals surface area contributed by atoms with Gasteiger partial charge >= 0.3 is 0 Å². The summed E-state index contributed by atoms with van der Waals surface area (Å²) in [5.41, 5.74) is 10.5. The summed E-state index contributed by atoms with van der Waals surface area (Å²) in [6.07, 6.45) is 4.48. The van der Waals surface area contributed by atoms with Crippen LogP contribution in [0.1, 0.15) is 48.3 Å². The number of piperidine rings is 1. The van der Waals surface area contributed by atoms with Gasteiger partial charge in [-0.25, -0.2) is 0 Å². The van der Waals surface area contributed by atoms with Gasteiger partial charge < -0.3 is 11.1 Å². The second kappa shape index (κ2) is 8.78. The Balaban J connectivity index is 1.20. The van der Waals surface area contributed by atoms with Crippen LogP contribution < -0.4 is 11.1 Å². The molecule has 148 valence electrons. The molecule has 2 aromatic carbocycles. The zero-order valence-electron chi connectivity index (χ0n) is 16.8. The van der Waals surface area contributed by atoms with E-state index in [0.717, 1.165) is 45.3 Å². The van der Waals surface area contributed by atoms with Crippen molar-refractivity contribution in [1.29, 1.82) is 0 Å². The van der Waals surface area contributed by atoms with Crippen molar-refractivity contribution in [3.63, 3.8) is 0 Å². The molecule has 1 aliphatic carbocycles. The molecule has 1 aliphatic heterocycles. The predicted molar refractivity (Wildman–Crippen MR) is 116 cm³/mol. The van der Waals surface area contributed by atoms with Crippen molar-refractivity contribution in [3.8, 4) is 0 Å². The van der Waals surface area contributed by atoms with Gasteiger partial charge in [0.25, 0.3) is 0 Å². The van der Waals surface area contributed by atoms with Gasteiger partial charge in [-0.05, 0) is 55.2 Å². The summed E-state index contributed by atoms with van der Waals surface area (Å²) >= 11 is 0. The predicted octanol–water partition coefficient (Wildman–Crippen LogP) is 3.81. The van der Waals surface area contributed by atoms with E-state index in [0.29, 0.717) is 24.0 Å². The molecule has 1 saturated heterocycles. The van der Waals surface area contributed by atoms with Crippen molar-refractivity contribution in [3.05, 3.63) is 71.3 Å². The lowest BCUT2D eigenvalue weighted by molar-refractivity contribution is 0.206. The SMILES string of the molecule is Cc1ccccc1C1CC(NC(N)=NC2CCN(Cc3ccccc3)CC2)C1. The van der Waals surface area contributed by atoms with Crippen LogP contribution in [-0.4, -0.2) is 36.0 Å². The average Bonchev–Trinajstić information content (AvgIpc) is 2.68. The largest absolute Gasteiger partial charge is 0.370 e. The summed E-state index contributed by atoms with van der Waals surface area (Å²) in [7, 11) is 0. The molecule has 0 radical (unpaired) electrons. The third-order valence-electron chi connectivity index (χ3n) is 6.25. The molecule has 2 aliphatic rings. The molecule has 4 rings (SSSR count). The molecule has 1 heterocycles. The van der Waals surface area contributed by atoms with Gasteiger partial charge in [-0.1, -0.05) is 54.6 Å². The van der Waals surface area contributed by atoms with Gasteiger partial charge in [-0.15, -0.1) is 0 Å². The topological polar surface area (TPSA) is 53.6 Å². The smallest absolute Gasteiger partial charge is 0.189 e. The first-order valence-corrected chi connectivity index (χ1v) is 10.6. The van der Waals surface area contributed by atoms with Crippen molar-refractivity contribution in [2.24, 2.45) is 10.7 Å². The fraction of sp³-hybridized carbons (Fsp3) is 0.458. The van der Waals surface area contributed by atoms with Gasteiger partial charge in [0.05, 0.1) is 6.04 Å². The lowest BCUT2D eigenvalue weighted by atomic mass is 9.74. The Bertz CT molecular complexity index is 787. The number of nitrogens with one attached hydrogen (secondary N) is 1. The third kappa shape index (κ3) is 4.74. The number of aliphatic imine (C=N–C) groups is 1. The zero-order chi connectivity index (χ0) is 19.3. The number of nitrogens with zero attached hydrogens (tertiary/aromatic N) is 2. The molecular formula is C24H32N4. The number of hydrogen-bond acceptors (Lipinski definition) is 2. The van der Waals surface area contributed by atoms with Crippen LogP contribution in [0.5, 0.6) is 0 Å². The van der Waals surface area contributed by atoms with Crippen LogP contribution >= 0.6 is 0 Å². The Morgan fingerprint density at radius 1 is 1.04 bits per heavy atom. The van der Waals surface area contributed by atoms with Crippen LogP contribution in [0.2, 0.25) is 0 Å². The highest BCUT2D eigenvalue weighted by atomic mass is 15.2. The minimum atomic E-state index is 0.353. The molecule has 0 atom stereocenters. The summed E-state index contributed by atoms with van der Waals surface area (Å²) in [6, 6.07) is 20.2. The molecule has 0 amide bonds. The van der Waals surface area contributed by atoms with Gasteiger partial charge in [0.1, 0.15) is 0 Å². The minimum Gasteiger partial charge on any atom is -0.370 e. The van der Waals surface area contributed by atoms with E-state index in [1.807, 2.05) is 0 Å². The fourth-order valence-corrected chi connectivity index (χ4v) is 4.53. The summed E-state index contributed by atoms with van der Waals surface area (Å²) in [5.74, 6) is 1.29. The molecule has 28 heavy (non-hydrogen) atoms.